The summed E-state index contributed by atoms with van der Waals surface area (Å²) in [5.74, 6) is 0. The maximum atomic E-state index is 6.10. The zero-order valence-electron chi connectivity index (χ0n) is 7.60. The van der Waals surface area contributed by atoms with Crippen LogP contribution in [0.4, 0.5) is 0 Å². The summed E-state index contributed by atoms with van der Waals surface area (Å²) in [6, 6.07) is 14.5. The van der Waals surface area contributed by atoms with Crippen molar-refractivity contribution in [1.82, 2.24) is 0 Å². The molecule has 0 atom stereocenters. The summed E-state index contributed by atoms with van der Waals surface area (Å²) in [7, 11) is 0. The number of hydrogen-bond donors (Lipinski definition) is 0. The highest BCUT2D eigenvalue weighted by atomic mass is 127. The SMILES string of the molecule is Clc1[c]ccc(Cl)c1-c1ccc(I)cc1. The van der Waals surface area contributed by atoms with Gasteiger partial charge in [-0.2, -0.15) is 0 Å². The van der Waals surface area contributed by atoms with Crippen LogP contribution in [0.2, 0.25) is 10.0 Å². The van der Waals surface area contributed by atoms with Crippen LogP contribution in [0.25, 0.3) is 11.1 Å². The first-order valence-corrected chi connectivity index (χ1v) is 6.13. The van der Waals surface area contributed by atoms with Crippen molar-refractivity contribution in [2.75, 3.05) is 0 Å². The summed E-state index contributed by atoms with van der Waals surface area (Å²) in [6.07, 6.45) is 0. The van der Waals surface area contributed by atoms with Crippen molar-refractivity contribution >= 4 is 45.8 Å². The lowest BCUT2D eigenvalue weighted by molar-refractivity contribution is 1.58. The van der Waals surface area contributed by atoms with Crippen molar-refractivity contribution in [3.8, 4) is 11.1 Å². The number of hydrogen-bond acceptors (Lipinski definition) is 0. The van der Waals surface area contributed by atoms with E-state index >= 15 is 0 Å². The maximum absolute atomic E-state index is 6.10. The van der Waals surface area contributed by atoms with Crippen LogP contribution in [0.5, 0.6) is 0 Å². The minimum Gasteiger partial charge on any atom is -0.0836 e. The highest BCUT2D eigenvalue weighted by Gasteiger charge is 2.07. The molecule has 2 aromatic carbocycles. The van der Waals surface area contributed by atoms with Crippen molar-refractivity contribution in [3.63, 3.8) is 0 Å². The third-order valence-corrected chi connectivity index (χ3v) is 3.36. The van der Waals surface area contributed by atoms with Crippen molar-refractivity contribution in [2.45, 2.75) is 0 Å². The summed E-state index contributed by atoms with van der Waals surface area (Å²) in [5, 5.41) is 1.21. The standard InChI is InChI=1S/C12H6Cl2I/c13-10-2-1-3-11(14)12(10)8-4-6-9(15)7-5-8/h1-2,4-7H. The molecule has 0 fully saturated rings. The van der Waals surface area contributed by atoms with E-state index in [4.69, 9.17) is 23.2 Å². The molecule has 0 spiro atoms. The molecule has 15 heavy (non-hydrogen) atoms. The molecule has 0 aliphatic rings. The van der Waals surface area contributed by atoms with Gasteiger partial charge in [0.25, 0.3) is 0 Å². The fourth-order valence-corrected chi connectivity index (χ4v) is 2.28. The Labute approximate surface area is 112 Å². The lowest BCUT2D eigenvalue weighted by Crippen LogP contribution is -1.82. The monoisotopic (exact) mass is 347 g/mol. The smallest absolute Gasteiger partial charge is 0.0578 e. The van der Waals surface area contributed by atoms with Crippen LogP contribution in [0.3, 0.4) is 0 Å². The highest BCUT2D eigenvalue weighted by Crippen LogP contribution is 2.34. The Bertz CT molecular complexity index is 457. The largest absolute Gasteiger partial charge is 0.0836 e. The molecule has 0 saturated carbocycles. The molecule has 0 nitrogen and oxygen atoms in total. The molecule has 0 N–H and O–H groups in total. The van der Waals surface area contributed by atoms with Gasteiger partial charge < -0.3 is 0 Å². The normalized spacial score (nSPS) is 10.3. The zero-order valence-corrected chi connectivity index (χ0v) is 11.3. The van der Waals surface area contributed by atoms with E-state index in [1.165, 1.54) is 3.57 Å². The van der Waals surface area contributed by atoms with E-state index in [0.29, 0.717) is 10.0 Å². The first-order chi connectivity index (χ1) is 7.18. The van der Waals surface area contributed by atoms with Crippen LogP contribution in [-0.2, 0) is 0 Å². The summed E-state index contributed by atoms with van der Waals surface area (Å²) in [4.78, 5) is 0. The molecule has 0 unspecified atom stereocenters. The molecular weight excluding hydrogens is 342 g/mol. The minimum atomic E-state index is 0.559. The molecule has 0 aromatic heterocycles. The van der Waals surface area contributed by atoms with Gasteiger partial charge in [0.05, 0.1) is 5.02 Å². The van der Waals surface area contributed by atoms with E-state index in [2.05, 4.69) is 28.7 Å². The molecule has 1 radical (unpaired) electrons. The summed E-state index contributed by atoms with van der Waals surface area (Å²) in [6.45, 7) is 0. The molecule has 0 aliphatic heterocycles. The Balaban J connectivity index is 2.58. The first-order valence-electron chi connectivity index (χ1n) is 4.30. The zero-order chi connectivity index (χ0) is 10.8. The fourth-order valence-electron chi connectivity index (χ4n) is 1.33. The van der Waals surface area contributed by atoms with Gasteiger partial charge in [0.1, 0.15) is 0 Å². The maximum Gasteiger partial charge on any atom is 0.0578 e. The van der Waals surface area contributed by atoms with E-state index < -0.39 is 0 Å². The number of halogens is 3. The second-order valence-electron chi connectivity index (χ2n) is 3.02. The van der Waals surface area contributed by atoms with Crippen molar-refractivity contribution in [2.24, 2.45) is 0 Å². The molecule has 0 aliphatic carbocycles. The van der Waals surface area contributed by atoms with Crippen molar-refractivity contribution in [3.05, 3.63) is 56.1 Å². The molecule has 2 aromatic rings. The molecule has 75 valence electrons. The van der Waals surface area contributed by atoms with Crippen LogP contribution in [0.1, 0.15) is 0 Å². The molecule has 3 heteroatoms. The van der Waals surface area contributed by atoms with E-state index in [1.54, 1.807) is 12.1 Å². The Kier molecular flexibility index (Phi) is 3.54. The summed E-state index contributed by atoms with van der Waals surface area (Å²) < 4.78 is 1.18. The predicted molar refractivity (Wildman–Crippen MR) is 73.5 cm³/mol. The van der Waals surface area contributed by atoms with Gasteiger partial charge in [-0.3, -0.25) is 0 Å². The van der Waals surface area contributed by atoms with E-state index in [1.807, 2.05) is 24.3 Å². The van der Waals surface area contributed by atoms with Crippen LogP contribution in [0, 0.1) is 9.64 Å². The fraction of sp³-hybridized carbons (Fsp3) is 0. The third kappa shape index (κ3) is 2.47. The Morgan fingerprint density at radius 1 is 1.00 bits per heavy atom. The Morgan fingerprint density at radius 3 is 2.27 bits per heavy atom. The summed E-state index contributed by atoms with van der Waals surface area (Å²) in [5.41, 5.74) is 1.86. The molecule has 2 rings (SSSR count). The lowest BCUT2D eigenvalue weighted by atomic mass is 10.1. The van der Waals surface area contributed by atoms with E-state index in [9.17, 15) is 0 Å². The number of rotatable bonds is 1. The van der Waals surface area contributed by atoms with E-state index in [-0.39, 0.29) is 0 Å². The van der Waals surface area contributed by atoms with E-state index in [0.717, 1.165) is 11.1 Å². The first kappa shape index (κ1) is 11.2. The molecule has 0 bridgehead atoms. The van der Waals surface area contributed by atoms with Crippen LogP contribution in [0.15, 0.2) is 36.4 Å². The second-order valence-corrected chi connectivity index (χ2v) is 5.05. The Morgan fingerprint density at radius 2 is 1.67 bits per heavy atom. The average molecular weight is 348 g/mol. The van der Waals surface area contributed by atoms with Crippen LogP contribution >= 0.6 is 45.8 Å². The molecule has 0 saturated heterocycles. The predicted octanol–water partition coefficient (Wildman–Crippen LogP) is 5.07. The van der Waals surface area contributed by atoms with Gasteiger partial charge in [-0.25, -0.2) is 0 Å². The van der Waals surface area contributed by atoms with Crippen molar-refractivity contribution < 1.29 is 0 Å². The van der Waals surface area contributed by atoms with Crippen LogP contribution in [-0.4, -0.2) is 0 Å². The highest BCUT2D eigenvalue weighted by molar-refractivity contribution is 14.1. The van der Waals surface area contributed by atoms with Gasteiger partial charge in [-0.15, -0.1) is 0 Å². The van der Waals surface area contributed by atoms with Gasteiger partial charge >= 0.3 is 0 Å². The number of benzene rings is 2. The topological polar surface area (TPSA) is 0 Å². The molecule has 0 heterocycles. The van der Waals surface area contributed by atoms with Gasteiger partial charge in [0.2, 0.25) is 0 Å². The quantitative estimate of drug-likeness (QED) is 0.632. The van der Waals surface area contributed by atoms with Gasteiger partial charge in [-0.05, 0) is 46.4 Å². The van der Waals surface area contributed by atoms with Crippen molar-refractivity contribution in [1.29, 1.82) is 0 Å². The Hall–Kier alpha value is -0.250. The average Bonchev–Trinajstić information content (AvgIpc) is 2.20. The van der Waals surface area contributed by atoms with Crippen LogP contribution < -0.4 is 0 Å². The third-order valence-electron chi connectivity index (χ3n) is 2.03. The van der Waals surface area contributed by atoms with Gasteiger partial charge in [0, 0.05) is 20.2 Å². The van der Waals surface area contributed by atoms with Gasteiger partial charge in [0.15, 0.2) is 0 Å². The minimum absolute atomic E-state index is 0.559. The molecule has 0 amide bonds. The van der Waals surface area contributed by atoms with Gasteiger partial charge in [-0.1, -0.05) is 41.4 Å². The summed E-state index contributed by atoms with van der Waals surface area (Å²) >= 11 is 14.4. The lowest BCUT2D eigenvalue weighted by Gasteiger charge is -2.06. The molecular formula is C12H6Cl2I. The second kappa shape index (κ2) is 4.73.